The zero-order valence-electron chi connectivity index (χ0n) is 9.95. The van der Waals surface area contributed by atoms with E-state index < -0.39 is 67.3 Å². The number of hydrogen-bond donors (Lipinski definition) is 1. The summed E-state index contributed by atoms with van der Waals surface area (Å²) in [7, 11) is 0. The molecule has 0 aliphatic heterocycles. The molecular formula is C11H10F7NO. The molecule has 0 saturated heterocycles. The van der Waals surface area contributed by atoms with Gasteiger partial charge in [-0.3, -0.25) is 4.90 Å². The molecule has 1 aromatic rings. The molecule has 0 radical (unpaired) electrons. The summed E-state index contributed by atoms with van der Waals surface area (Å²) in [5.41, 5.74) is -1.21. The minimum absolute atomic E-state index is 0.399. The zero-order valence-corrected chi connectivity index (χ0v) is 9.95. The van der Waals surface area contributed by atoms with E-state index in [4.69, 9.17) is 5.11 Å². The Hall–Kier alpha value is -1.35. The van der Waals surface area contributed by atoms with Gasteiger partial charge in [-0.1, -0.05) is 0 Å². The second-order valence-corrected chi connectivity index (χ2v) is 3.90. The number of aliphatic hydroxyl groups is 1. The molecule has 0 fully saturated rings. The van der Waals surface area contributed by atoms with Gasteiger partial charge in [0.15, 0.2) is 23.3 Å². The zero-order chi connectivity index (χ0) is 15.4. The van der Waals surface area contributed by atoms with E-state index in [2.05, 4.69) is 0 Å². The lowest BCUT2D eigenvalue weighted by molar-refractivity contribution is 0.0731. The highest BCUT2D eigenvalue weighted by atomic mass is 19.3. The predicted molar refractivity (Wildman–Crippen MR) is 54.6 cm³/mol. The van der Waals surface area contributed by atoms with E-state index in [9.17, 15) is 30.7 Å². The van der Waals surface area contributed by atoms with Gasteiger partial charge in [0.1, 0.15) is 0 Å². The Morgan fingerprint density at radius 1 is 0.850 bits per heavy atom. The number of alkyl halides is 2. The van der Waals surface area contributed by atoms with E-state index in [0.717, 1.165) is 0 Å². The standard InChI is InChI=1S/C11H10F7NO/c12-6(13)4-19(1-2-20)3-5-7(14)9(16)11(18)10(17)8(5)15/h6,20H,1-4H2. The van der Waals surface area contributed by atoms with Crippen LogP contribution in [0.5, 0.6) is 0 Å². The average molecular weight is 305 g/mol. The lowest BCUT2D eigenvalue weighted by atomic mass is 10.1. The van der Waals surface area contributed by atoms with Gasteiger partial charge in [0.05, 0.1) is 13.2 Å². The monoisotopic (exact) mass is 305 g/mol. The van der Waals surface area contributed by atoms with Crippen molar-refractivity contribution in [3.8, 4) is 0 Å². The van der Waals surface area contributed by atoms with E-state index in [1.54, 1.807) is 0 Å². The molecule has 1 N–H and O–H groups in total. The van der Waals surface area contributed by atoms with Crippen molar-refractivity contribution in [2.45, 2.75) is 13.0 Å². The van der Waals surface area contributed by atoms with Crippen LogP contribution in [0, 0.1) is 29.1 Å². The first-order valence-electron chi connectivity index (χ1n) is 5.41. The number of rotatable bonds is 6. The second-order valence-electron chi connectivity index (χ2n) is 3.90. The molecule has 2 nitrogen and oxygen atoms in total. The smallest absolute Gasteiger partial charge is 0.251 e. The summed E-state index contributed by atoms with van der Waals surface area (Å²) in [6, 6.07) is 0. The molecule has 1 rings (SSSR count). The lowest BCUT2D eigenvalue weighted by Gasteiger charge is -2.21. The highest BCUT2D eigenvalue weighted by Crippen LogP contribution is 2.24. The maximum atomic E-state index is 13.3. The molecular weight excluding hydrogens is 295 g/mol. The van der Waals surface area contributed by atoms with Gasteiger partial charge in [-0.05, 0) is 0 Å². The number of aliphatic hydroxyl groups excluding tert-OH is 1. The third-order valence-electron chi connectivity index (χ3n) is 2.49. The van der Waals surface area contributed by atoms with Gasteiger partial charge in [0, 0.05) is 18.7 Å². The maximum absolute atomic E-state index is 13.3. The van der Waals surface area contributed by atoms with Gasteiger partial charge in [0.25, 0.3) is 6.43 Å². The van der Waals surface area contributed by atoms with Crippen LogP contribution in [0.2, 0.25) is 0 Å². The third-order valence-corrected chi connectivity index (χ3v) is 2.49. The van der Waals surface area contributed by atoms with E-state index in [1.807, 2.05) is 0 Å². The minimum Gasteiger partial charge on any atom is -0.395 e. The molecule has 1 aromatic carbocycles. The lowest BCUT2D eigenvalue weighted by Crippen LogP contribution is -2.32. The molecule has 0 spiro atoms. The minimum atomic E-state index is -2.89. The van der Waals surface area contributed by atoms with Crippen molar-refractivity contribution in [2.24, 2.45) is 0 Å². The van der Waals surface area contributed by atoms with Gasteiger partial charge >= 0.3 is 0 Å². The fourth-order valence-corrected chi connectivity index (χ4v) is 1.58. The van der Waals surface area contributed by atoms with Crippen LogP contribution in [0.1, 0.15) is 5.56 Å². The molecule has 0 aliphatic carbocycles. The third kappa shape index (κ3) is 3.60. The maximum Gasteiger partial charge on any atom is 0.251 e. The molecule has 0 bridgehead atoms. The van der Waals surface area contributed by atoms with Gasteiger partial charge in [-0.2, -0.15) is 0 Å². The predicted octanol–water partition coefficient (Wildman–Crippen LogP) is 2.44. The van der Waals surface area contributed by atoms with Crippen molar-refractivity contribution < 1.29 is 35.8 Å². The Morgan fingerprint density at radius 2 is 1.30 bits per heavy atom. The molecule has 0 heterocycles. The van der Waals surface area contributed by atoms with Crippen LogP contribution in [-0.4, -0.2) is 36.1 Å². The number of nitrogens with zero attached hydrogens (tertiary/aromatic N) is 1. The Bertz CT molecular complexity index is 451. The quantitative estimate of drug-likeness (QED) is 0.496. The molecule has 20 heavy (non-hydrogen) atoms. The first-order valence-corrected chi connectivity index (χ1v) is 5.41. The van der Waals surface area contributed by atoms with Crippen LogP contribution in [0.25, 0.3) is 0 Å². The summed E-state index contributed by atoms with van der Waals surface area (Å²) in [5, 5.41) is 8.64. The summed E-state index contributed by atoms with van der Waals surface area (Å²) in [6.45, 7) is -2.91. The van der Waals surface area contributed by atoms with E-state index in [0.29, 0.717) is 4.90 Å². The Labute approximate surface area is 109 Å². The summed E-state index contributed by atoms with van der Waals surface area (Å²) in [5.74, 6) is -10.7. The Morgan fingerprint density at radius 3 is 1.70 bits per heavy atom. The van der Waals surface area contributed by atoms with Gasteiger partial charge < -0.3 is 5.11 Å². The van der Waals surface area contributed by atoms with Gasteiger partial charge in [-0.25, -0.2) is 30.7 Å². The Balaban J connectivity index is 3.12. The van der Waals surface area contributed by atoms with Crippen molar-refractivity contribution in [1.82, 2.24) is 4.90 Å². The average Bonchev–Trinajstić information content (AvgIpc) is 2.38. The number of hydrogen-bond acceptors (Lipinski definition) is 2. The number of benzene rings is 1. The van der Waals surface area contributed by atoms with Crippen LogP contribution in [-0.2, 0) is 6.54 Å². The Kier molecular flexibility index (Phi) is 5.75. The van der Waals surface area contributed by atoms with Crippen LogP contribution in [0.4, 0.5) is 30.7 Å². The summed E-state index contributed by atoms with van der Waals surface area (Å²) >= 11 is 0. The SMILES string of the molecule is OCCN(Cc1c(F)c(F)c(F)c(F)c1F)CC(F)F. The first-order chi connectivity index (χ1) is 9.29. The molecule has 0 aliphatic rings. The van der Waals surface area contributed by atoms with Crippen molar-refractivity contribution in [3.05, 3.63) is 34.6 Å². The van der Waals surface area contributed by atoms with Gasteiger partial charge in [0.2, 0.25) is 5.82 Å². The van der Waals surface area contributed by atoms with Crippen molar-refractivity contribution in [1.29, 1.82) is 0 Å². The van der Waals surface area contributed by atoms with Crippen LogP contribution in [0.3, 0.4) is 0 Å². The van der Waals surface area contributed by atoms with Crippen LogP contribution < -0.4 is 0 Å². The largest absolute Gasteiger partial charge is 0.395 e. The first kappa shape index (κ1) is 16.7. The van der Waals surface area contributed by atoms with Crippen LogP contribution in [0.15, 0.2) is 0 Å². The number of halogens is 7. The fourth-order valence-electron chi connectivity index (χ4n) is 1.58. The highest BCUT2D eigenvalue weighted by molar-refractivity contribution is 5.24. The molecule has 0 amide bonds. The molecule has 114 valence electrons. The van der Waals surface area contributed by atoms with E-state index >= 15 is 0 Å². The molecule has 0 aromatic heterocycles. The van der Waals surface area contributed by atoms with Crippen LogP contribution >= 0.6 is 0 Å². The molecule has 0 atom stereocenters. The van der Waals surface area contributed by atoms with Crippen molar-refractivity contribution >= 4 is 0 Å². The molecule has 0 saturated carbocycles. The molecule has 0 unspecified atom stereocenters. The van der Waals surface area contributed by atoms with Crippen molar-refractivity contribution in [3.63, 3.8) is 0 Å². The fraction of sp³-hybridized carbons (Fsp3) is 0.455. The molecule has 9 heteroatoms. The second kappa shape index (κ2) is 6.89. The summed E-state index contributed by atoms with van der Waals surface area (Å²) in [6.07, 6.45) is -2.89. The topological polar surface area (TPSA) is 23.5 Å². The van der Waals surface area contributed by atoms with E-state index in [-0.39, 0.29) is 0 Å². The normalized spacial score (nSPS) is 11.7. The van der Waals surface area contributed by atoms with Gasteiger partial charge in [-0.15, -0.1) is 0 Å². The van der Waals surface area contributed by atoms with Crippen molar-refractivity contribution in [2.75, 3.05) is 19.7 Å². The summed E-state index contributed by atoms with van der Waals surface area (Å²) < 4.78 is 89.8. The highest BCUT2D eigenvalue weighted by Gasteiger charge is 2.27. The summed E-state index contributed by atoms with van der Waals surface area (Å²) in [4.78, 5) is 0.683. The van der Waals surface area contributed by atoms with E-state index in [1.165, 1.54) is 0 Å².